The number of rotatable bonds is 4. The Bertz CT molecular complexity index is 473. The van der Waals surface area contributed by atoms with Crippen LogP contribution < -0.4 is 5.32 Å². The Morgan fingerprint density at radius 1 is 1.52 bits per heavy atom. The lowest BCUT2D eigenvalue weighted by Gasteiger charge is -2.38. The van der Waals surface area contributed by atoms with Gasteiger partial charge in [0.25, 0.3) is 0 Å². The zero-order chi connectivity index (χ0) is 14.5. The second kappa shape index (κ2) is 8.89. The average Bonchev–Trinajstić information content (AvgIpc) is 2.47. The molecule has 0 aromatic heterocycles. The fourth-order valence-corrected chi connectivity index (χ4v) is 3.50. The van der Waals surface area contributed by atoms with Crippen molar-refractivity contribution in [2.75, 3.05) is 31.6 Å². The first-order chi connectivity index (χ1) is 9.65. The number of benzene rings is 1. The van der Waals surface area contributed by atoms with Crippen LogP contribution in [0.25, 0.3) is 0 Å². The van der Waals surface area contributed by atoms with E-state index in [1.54, 1.807) is 11.8 Å². The average molecular weight is 349 g/mol. The van der Waals surface area contributed by atoms with Gasteiger partial charge in [-0.2, -0.15) is 11.8 Å². The minimum absolute atomic E-state index is 0. The number of amides is 1. The maximum absolute atomic E-state index is 12.6. The summed E-state index contributed by atoms with van der Waals surface area (Å²) in [5.41, 5.74) is 1.03. The molecule has 0 bridgehead atoms. The second-order valence-corrected chi connectivity index (χ2v) is 6.45. The van der Waals surface area contributed by atoms with Gasteiger partial charge < -0.3 is 10.2 Å². The van der Waals surface area contributed by atoms with Crippen LogP contribution in [-0.2, 0) is 4.79 Å². The van der Waals surface area contributed by atoms with E-state index in [9.17, 15) is 4.79 Å². The number of nitrogens with zero attached hydrogens (tertiary/aromatic N) is 1. The minimum Gasteiger partial charge on any atom is -0.333 e. The van der Waals surface area contributed by atoms with E-state index in [4.69, 9.17) is 11.6 Å². The third-order valence-electron chi connectivity index (χ3n) is 3.63. The van der Waals surface area contributed by atoms with Crippen molar-refractivity contribution in [3.8, 4) is 0 Å². The van der Waals surface area contributed by atoms with Crippen molar-refractivity contribution in [1.82, 2.24) is 10.2 Å². The van der Waals surface area contributed by atoms with Gasteiger partial charge in [-0.15, -0.1) is 12.4 Å². The van der Waals surface area contributed by atoms with Gasteiger partial charge in [0.1, 0.15) is 0 Å². The summed E-state index contributed by atoms with van der Waals surface area (Å²) in [7, 11) is 0. The number of nitrogens with one attached hydrogen (secondary N) is 1. The largest absolute Gasteiger partial charge is 0.333 e. The Labute approximate surface area is 142 Å². The van der Waals surface area contributed by atoms with Gasteiger partial charge >= 0.3 is 0 Å². The standard InChI is InChI=1S/C15H21ClN2OS.ClH/c1-11(10-20-2)15(19)18-8-7-17-9-14(18)12-5-3-4-6-13(12)16;/h3-6,11,14,17H,7-10H2,1-2H3;1H. The summed E-state index contributed by atoms with van der Waals surface area (Å²) in [6.45, 7) is 4.36. The van der Waals surface area contributed by atoms with Crippen LogP contribution in [-0.4, -0.2) is 42.4 Å². The molecule has 1 fully saturated rings. The second-order valence-electron chi connectivity index (χ2n) is 5.13. The molecule has 0 aliphatic carbocycles. The number of thioether (sulfide) groups is 1. The maximum Gasteiger partial charge on any atom is 0.226 e. The van der Waals surface area contributed by atoms with Crippen molar-refractivity contribution in [3.63, 3.8) is 0 Å². The van der Waals surface area contributed by atoms with E-state index < -0.39 is 0 Å². The van der Waals surface area contributed by atoms with Crippen LogP contribution in [0.5, 0.6) is 0 Å². The molecule has 3 nitrogen and oxygen atoms in total. The van der Waals surface area contributed by atoms with E-state index in [1.807, 2.05) is 42.3 Å². The van der Waals surface area contributed by atoms with Crippen LogP contribution in [0.2, 0.25) is 5.02 Å². The van der Waals surface area contributed by atoms with E-state index in [-0.39, 0.29) is 30.3 Å². The van der Waals surface area contributed by atoms with Gasteiger partial charge in [-0.1, -0.05) is 36.7 Å². The molecular formula is C15H22Cl2N2OS. The smallest absolute Gasteiger partial charge is 0.226 e. The number of carbonyl (C=O) groups is 1. The maximum atomic E-state index is 12.6. The Balaban J connectivity index is 0.00000220. The van der Waals surface area contributed by atoms with Crippen molar-refractivity contribution in [2.24, 2.45) is 5.92 Å². The Morgan fingerprint density at radius 2 is 2.24 bits per heavy atom. The summed E-state index contributed by atoms with van der Waals surface area (Å²) in [6, 6.07) is 7.84. The molecule has 118 valence electrons. The molecule has 1 amide bonds. The van der Waals surface area contributed by atoms with Crippen LogP contribution in [0.1, 0.15) is 18.5 Å². The van der Waals surface area contributed by atoms with Gasteiger partial charge in [0.2, 0.25) is 5.91 Å². The van der Waals surface area contributed by atoms with Crippen LogP contribution in [0.4, 0.5) is 0 Å². The Kier molecular flexibility index (Phi) is 7.88. The summed E-state index contributed by atoms with van der Waals surface area (Å²) in [6.07, 6.45) is 2.03. The lowest BCUT2D eigenvalue weighted by molar-refractivity contribution is -0.137. The summed E-state index contributed by atoms with van der Waals surface area (Å²) in [4.78, 5) is 14.6. The molecule has 2 rings (SSSR count). The molecule has 1 heterocycles. The van der Waals surface area contributed by atoms with Crippen molar-refractivity contribution >= 4 is 41.7 Å². The molecule has 6 heteroatoms. The van der Waals surface area contributed by atoms with Crippen molar-refractivity contribution in [1.29, 1.82) is 0 Å². The van der Waals surface area contributed by atoms with Gasteiger partial charge in [-0.3, -0.25) is 4.79 Å². The van der Waals surface area contributed by atoms with Crippen LogP contribution in [0.15, 0.2) is 24.3 Å². The predicted molar refractivity (Wildman–Crippen MR) is 93.6 cm³/mol. The summed E-state index contributed by atoms with van der Waals surface area (Å²) in [5.74, 6) is 1.14. The zero-order valence-electron chi connectivity index (χ0n) is 12.3. The number of halogens is 2. The number of hydrogen-bond donors (Lipinski definition) is 1. The minimum atomic E-state index is 0. The van der Waals surface area contributed by atoms with Crippen molar-refractivity contribution in [2.45, 2.75) is 13.0 Å². The zero-order valence-corrected chi connectivity index (χ0v) is 14.7. The topological polar surface area (TPSA) is 32.3 Å². The van der Waals surface area contributed by atoms with E-state index in [0.717, 1.165) is 36.0 Å². The van der Waals surface area contributed by atoms with Crippen LogP contribution in [0.3, 0.4) is 0 Å². The van der Waals surface area contributed by atoms with Crippen molar-refractivity contribution in [3.05, 3.63) is 34.9 Å². The van der Waals surface area contributed by atoms with E-state index in [2.05, 4.69) is 5.32 Å². The molecule has 1 aliphatic rings. The highest BCUT2D eigenvalue weighted by Gasteiger charge is 2.31. The molecule has 1 aliphatic heterocycles. The monoisotopic (exact) mass is 348 g/mol. The molecule has 1 aromatic rings. The quantitative estimate of drug-likeness (QED) is 0.906. The molecule has 21 heavy (non-hydrogen) atoms. The molecule has 1 aromatic carbocycles. The van der Waals surface area contributed by atoms with E-state index in [0.29, 0.717) is 0 Å². The third-order valence-corrected chi connectivity index (χ3v) is 4.81. The number of carbonyl (C=O) groups excluding carboxylic acids is 1. The number of piperazine rings is 1. The predicted octanol–water partition coefficient (Wildman–Crippen LogP) is 3.23. The fourth-order valence-electron chi connectivity index (χ4n) is 2.60. The fraction of sp³-hybridized carbons (Fsp3) is 0.533. The molecule has 0 radical (unpaired) electrons. The van der Waals surface area contributed by atoms with Gasteiger partial charge in [-0.25, -0.2) is 0 Å². The highest BCUT2D eigenvalue weighted by molar-refractivity contribution is 7.98. The summed E-state index contributed by atoms with van der Waals surface area (Å²) in [5, 5.41) is 4.09. The first kappa shape index (κ1) is 18.6. The summed E-state index contributed by atoms with van der Waals surface area (Å²) < 4.78 is 0. The molecule has 2 atom stereocenters. The molecular weight excluding hydrogens is 327 g/mol. The molecule has 2 unspecified atom stereocenters. The number of hydrogen-bond acceptors (Lipinski definition) is 3. The van der Waals surface area contributed by atoms with Crippen LogP contribution in [0, 0.1) is 5.92 Å². The van der Waals surface area contributed by atoms with Gasteiger partial charge in [0.05, 0.1) is 6.04 Å². The lowest BCUT2D eigenvalue weighted by Crippen LogP contribution is -2.50. The summed E-state index contributed by atoms with van der Waals surface area (Å²) >= 11 is 8.01. The SMILES string of the molecule is CSCC(C)C(=O)N1CCNCC1c1ccccc1Cl.Cl. The Morgan fingerprint density at radius 3 is 2.90 bits per heavy atom. The van der Waals surface area contributed by atoms with E-state index >= 15 is 0 Å². The van der Waals surface area contributed by atoms with Crippen molar-refractivity contribution < 1.29 is 4.79 Å². The Hall–Kier alpha value is -0.420. The normalized spacial score (nSPS) is 19.8. The van der Waals surface area contributed by atoms with Crippen LogP contribution >= 0.6 is 35.8 Å². The highest BCUT2D eigenvalue weighted by atomic mass is 35.5. The highest BCUT2D eigenvalue weighted by Crippen LogP contribution is 2.29. The van der Waals surface area contributed by atoms with Gasteiger partial charge in [0, 0.05) is 36.3 Å². The van der Waals surface area contributed by atoms with Gasteiger partial charge in [-0.05, 0) is 17.9 Å². The van der Waals surface area contributed by atoms with Gasteiger partial charge in [0.15, 0.2) is 0 Å². The van der Waals surface area contributed by atoms with E-state index in [1.165, 1.54) is 0 Å². The first-order valence-corrected chi connectivity index (χ1v) is 8.67. The molecule has 1 saturated heterocycles. The lowest BCUT2D eigenvalue weighted by atomic mass is 10.0. The first-order valence-electron chi connectivity index (χ1n) is 6.89. The molecule has 0 spiro atoms. The third kappa shape index (κ3) is 4.52. The molecule has 1 N–H and O–H groups in total. The molecule has 0 saturated carbocycles.